The summed E-state index contributed by atoms with van der Waals surface area (Å²) in [6.07, 6.45) is -3.15. The van der Waals surface area contributed by atoms with E-state index in [2.05, 4.69) is 12.2 Å². The van der Waals surface area contributed by atoms with E-state index in [1.807, 2.05) is 6.07 Å². The third-order valence-corrected chi connectivity index (χ3v) is 7.19. The molecule has 1 heterocycles. The highest BCUT2D eigenvalue weighted by Gasteiger charge is 2.32. The minimum absolute atomic E-state index is 0.0699. The van der Waals surface area contributed by atoms with Crippen molar-refractivity contribution in [1.82, 2.24) is 0 Å². The second-order valence-corrected chi connectivity index (χ2v) is 9.83. The van der Waals surface area contributed by atoms with E-state index >= 15 is 0 Å². The molecule has 2 atom stereocenters. The molecule has 9 heteroatoms. The van der Waals surface area contributed by atoms with E-state index in [4.69, 9.17) is 16.3 Å². The molecule has 1 amide bonds. The number of halogens is 4. The Labute approximate surface area is 203 Å². The average Bonchev–Trinajstić information content (AvgIpc) is 3.22. The molecule has 0 unspecified atom stereocenters. The van der Waals surface area contributed by atoms with Crippen molar-refractivity contribution in [3.05, 3.63) is 86.1 Å². The van der Waals surface area contributed by atoms with Gasteiger partial charge in [-0.2, -0.15) is 13.2 Å². The number of thiophene rings is 1. The van der Waals surface area contributed by atoms with Gasteiger partial charge in [0.1, 0.15) is 4.88 Å². The molecule has 1 aliphatic rings. The van der Waals surface area contributed by atoms with Crippen molar-refractivity contribution >= 4 is 40.5 Å². The Kier molecular flexibility index (Phi) is 7.00. The minimum atomic E-state index is -4.61. The first kappa shape index (κ1) is 24.3. The van der Waals surface area contributed by atoms with Crippen molar-refractivity contribution in [2.24, 2.45) is 5.92 Å². The summed E-state index contributed by atoms with van der Waals surface area (Å²) in [6.45, 7) is 2.16. The van der Waals surface area contributed by atoms with Crippen LogP contribution in [0.25, 0.3) is 0 Å². The van der Waals surface area contributed by atoms with Crippen molar-refractivity contribution in [3.8, 4) is 0 Å². The van der Waals surface area contributed by atoms with Gasteiger partial charge < -0.3 is 10.1 Å². The predicted octanol–water partition coefficient (Wildman–Crippen LogP) is 7.08. The molecule has 0 saturated carbocycles. The molecule has 3 aromatic rings. The second kappa shape index (κ2) is 9.80. The molecule has 178 valence electrons. The number of fused-ring (bicyclic) bond motifs is 1. The molecule has 0 fully saturated rings. The quantitative estimate of drug-likeness (QED) is 0.375. The highest BCUT2D eigenvalue weighted by molar-refractivity contribution is 7.14. The third-order valence-electron chi connectivity index (χ3n) is 5.65. The van der Waals surface area contributed by atoms with Crippen LogP contribution in [0.3, 0.4) is 0 Å². The highest BCUT2D eigenvalue weighted by atomic mass is 35.5. The van der Waals surface area contributed by atoms with E-state index in [-0.39, 0.29) is 10.7 Å². The molecular weight excluding hydrogens is 487 g/mol. The number of esters is 1. The summed E-state index contributed by atoms with van der Waals surface area (Å²) in [5.41, 5.74) is 0.316. The lowest BCUT2D eigenvalue weighted by Gasteiger charge is -2.19. The third kappa shape index (κ3) is 5.45. The molecule has 4 nitrogen and oxygen atoms in total. The molecule has 1 aromatic heterocycles. The Balaban J connectivity index is 1.59. The standard InChI is InChI=1S/C25H21ClF3NO3S/c1-14-7-10-20-16(11-14)12-21(34-20)24(32)33-22(15-5-3-2-4-6-15)23(31)30-19-13-17(25(27,28)29)8-9-18(19)26/h2-6,8-9,12-14,22H,7,10-11H2,1H3,(H,30,31)/t14-,22-/m1/s1. The fraction of sp³-hybridized carbons (Fsp3) is 0.280. The number of ether oxygens (including phenoxy) is 1. The van der Waals surface area contributed by atoms with Gasteiger partial charge in [-0.3, -0.25) is 4.79 Å². The largest absolute Gasteiger partial charge is 0.443 e. The molecule has 0 bridgehead atoms. The second-order valence-electron chi connectivity index (χ2n) is 8.28. The maximum absolute atomic E-state index is 13.1. The normalized spacial score (nSPS) is 16.4. The number of alkyl halides is 3. The summed E-state index contributed by atoms with van der Waals surface area (Å²) in [7, 11) is 0. The zero-order valence-electron chi connectivity index (χ0n) is 18.1. The van der Waals surface area contributed by atoms with E-state index < -0.39 is 29.7 Å². The van der Waals surface area contributed by atoms with Crippen LogP contribution in [0.15, 0.2) is 54.6 Å². The molecule has 4 rings (SSSR count). The Bertz CT molecular complexity index is 1210. The summed E-state index contributed by atoms with van der Waals surface area (Å²) in [6, 6.07) is 12.7. The van der Waals surface area contributed by atoms with Gasteiger partial charge in [0.15, 0.2) is 0 Å². The number of anilines is 1. The summed E-state index contributed by atoms with van der Waals surface area (Å²) in [4.78, 5) is 27.6. The van der Waals surface area contributed by atoms with Crippen molar-refractivity contribution in [2.45, 2.75) is 38.5 Å². The van der Waals surface area contributed by atoms with Gasteiger partial charge in [0, 0.05) is 10.4 Å². The molecule has 34 heavy (non-hydrogen) atoms. The average molecular weight is 508 g/mol. The number of aryl methyl sites for hydroxylation is 1. The first-order valence-corrected chi connectivity index (χ1v) is 11.9. The maximum Gasteiger partial charge on any atom is 0.416 e. The van der Waals surface area contributed by atoms with E-state index in [1.54, 1.807) is 30.3 Å². The minimum Gasteiger partial charge on any atom is -0.443 e. The van der Waals surface area contributed by atoms with Crippen LogP contribution in [-0.4, -0.2) is 11.9 Å². The number of carbonyl (C=O) groups is 2. The first-order chi connectivity index (χ1) is 16.1. The van der Waals surface area contributed by atoms with Crippen molar-refractivity contribution < 1.29 is 27.5 Å². The molecular formula is C25H21ClF3NO3S. The molecule has 0 radical (unpaired) electrons. The summed E-state index contributed by atoms with van der Waals surface area (Å²) in [5.74, 6) is -0.937. The highest BCUT2D eigenvalue weighted by Crippen LogP contribution is 2.35. The summed E-state index contributed by atoms with van der Waals surface area (Å²) < 4.78 is 44.9. The van der Waals surface area contributed by atoms with E-state index in [9.17, 15) is 22.8 Å². The number of amides is 1. The molecule has 1 aliphatic carbocycles. The van der Waals surface area contributed by atoms with Crippen LogP contribution in [0.5, 0.6) is 0 Å². The van der Waals surface area contributed by atoms with Gasteiger partial charge in [0.2, 0.25) is 6.10 Å². The Hall–Kier alpha value is -2.84. The van der Waals surface area contributed by atoms with Gasteiger partial charge in [0.05, 0.1) is 16.3 Å². The zero-order valence-corrected chi connectivity index (χ0v) is 19.7. The smallest absolute Gasteiger partial charge is 0.416 e. The zero-order chi connectivity index (χ0) is 24.5. The SMILES string of the molecule is C[C@@H]1CCc2sc(C(=O)O[C@@H](C(=O)Nc3cc(C(F)(F)F)ccc3Cl)c3ccccc3)cc2C1. The fourth-order valence-electron chi connectivity index (χ4n) is 3.87. The van der Waals surface area contributed by atoms with Crippen LogP contribution in [0.4, 0.5) is 18.9 Å². The van der Waals surface area contributed by atoms with Gasteiger partial charge >= 0.3 is 12.1 Å². The summed E-state index contributed by atoms with van der Waals surface area (Å²) in [5, 5.41) is 2.32. The lowest BCUT2D eigenvalue weighted by Crippen LogP contribution is -2.26. The van der Waals surface area contributed by atoms with Crippen LogP contribution >= 0.6 is 22.9 Å². The lowest BCUT2D eigenvalue weighted by atomic mass is 9.90. The van der Waals surface area contributed by atoms with Crippen LogP contribution in [0.1, 0.15) is 50.7 Å². The van der Waals surface area contributed by atoms with Crippen LogP contribution in [-0.2, 0) is 28.5 Å². The Morgan fingerprint density at radius 1 is 1.15 bits per heavy atom. The lowest BCUT2D eigenvalue weighted by molar-refractivity contribution is -0.137. The van der Waals surface area contributed by atoms with Gasteiger partial charge in [-0.15, -0.1) is 11.3 Å². The van der Waals surface area contributed by atoms with Gasteiger partial charge in [-0.25, -0.2) is 4.79 Å². The number of hydrogen-bond acceptors (Lipinski definition) is 4. The molecule has 0 aliphatic heterocycles. The van der Waals surface area contributed by atoms with Gasteiger partial charge in [-0.05, 0) is 55.0 Å². The number of benzene rings is 2. The van der Waals surface area contributed by atoms with E-state index in [0.717, 1.165) is 47.9 Å². The number of rotatable bonds is 5. The van der Waals surface area contributed by atoms with Crippen molar-refractivity contribution in [2.75, 3.05) is 5.32 Å². The van der Waals surface area contributed by atoms with Crippen LogP contribution < -0.4 is 5.32 Å². The monoisotopic (exact) mass is 507 g/mol. The van der Waals surface area contributed by atoms with Crippen molar-refractivity contribution in [1.29, 1.82) is 0 Å². The molecule has 0 spiro atoms. The number of carbonyl (C=O) groups excluding carboxylic acids is 2. The molecule has 1 N–H and O–H groups in total. The first-order valence-electron chi connectivity index (χ1n) is 10.7. The van der Waals surface area contributed by atoms with E-state index in [1.165, 1.54) is 11.3 Å². The number of nitrogens with one attached hydrogen (secondary N) is 1. The Morgan fingerprint density at radius 2 is 1.88 bits per heavy atom. The van der Waals surface area contributed by atoms with E-state index in [0.29, 0.717) is 16.4 Å². The van der Waals surface area contributed by atoms with Crippen LogP contribution in [0.2, 0.25) is 5.02 Å². The van der Waals surface area contributed by atoms with Crippen molar-refractivity contribution in [3.63, 3.8) is 0 Å². The molecule has 0 saturated heterocycles. The Morgan fingerprint density at radius 3 is 2.59 bits per heavy atom. The predicted molar refractivity (Wildman–Crippen MR) is 125 cm³/mol. The van der Waals surface area contributed by atoms with Gasteiger partial charge in [0.25, 0.3) is 5.91 Å². The fourth-order valence-corrected chi connectivity index (χ4v) is 5.12. The van der Waals surface area contributed by atoms with Gasteiger partial charge in [-0.1, -0.05) is 48.9 Å². The number of hydrogen-bond donors (Lipinski definition) is 1. The maximum atomic E-state index is 13.1. The van der Waals surface area contributed by atoms with Crippen LogP contribution in [0, 0.1) is 5.92 Å². The molecule has 2 aromatic carbocycles. The summed E-state index contributed by atoms with van der Waals surface area (Å²) >= 11 is 7.38. The topological polar surface area (TPSA) is 55.4 Å².